The monoisotopic (exact) mass is 311 g/mol. The summed E-state index contributed by atoms with van der Waals surface area (Å²) in [5.74, 6) is -0.223. The molecule has 0 heterocycles. The van der Waals surface area contributed by atoms with E-state index in [2.05, 4.69) is 50.2 Å². The number of benzene rings is 1. The smallest absolute Gasteiger partial charge is 0.320 e. The molecule has 2 atom stereocenters. The molecule has 4 heteroatoms. The number of carbonyl (C=O) groups excluding carboxylic acids is 1. The molecular formula is C14H18BrNO2. The zero-order chi connectivity index (χ0) is 13.0. The minimum absolute atomic E-state index is 0.223. The SMILES string of the molecule is COC(=O)C(Br)CNC1CCc2ccccc2C1. The molecule has 0 saturated carbocycles. The summed E-state index contributed by atoms with van der Waals surface area (Å²) in [6, 6.07) is 9.02. The van der Waals surface area contributed by atoms with Crippen molar-refractivity contribution < 1.29 is 9.53 Å². The largest absolute Gasteiger partial charge is 0.468 e. The number of rotatable bonds is 4. The van der Waals surface area contributed by atoms with Crippen LogP contribution in [-0.4, -0.2) is 30.5 Å². The summed E-state index contributed by atoms with van der Waals surface area (Å²) >= 11 is 3.32. The molecule has 1 aliphatic carbocycles. The maximum Gasteiger partial charge on any atom is 0.320 e. The highest BCUT2D eigenvalue weighted by atomic mass is 79.9. The van der Waals surface area contributed by atoms with Gasteiger partial charge >= 0.3 is 5.97 Å². The van der Waals surface area contributed by atoms with Crippen LogP contribution < -0.4 is 5.32 Å². The van der Waals surface area contributed by atoms with Crippen molar-refractivity contribution in [1.29, 1.82) is 0 Å². The average molecular weight is 312 g/mol. The van der Waals surface area contributed by atoms with Crippen LogP contribution in [0.25, 0.3) is 0 Å². The molecule has 0 amide bonds. The van der Waals surface area contributed by atoms with E-state index in [0.717, 1.165) is 19.3 Å². The van der Waals surface area contributed by atoms with Crippen LogP contribution in [-0.2, 0) is 22.4 Å². The number of methoxy groups -OCH3 is 1. The quantitative estimate of drug-likeness (QED) is 0.683. The van der Waals surface area contributed by atoms with Crippen LogP contribution in [0.5, 0.6) is 0 Å². The van der Waals surface area contributed by atoms with Gasteiger partial charge in [0.15, 0.2) is 0 Å². The third-order valence-electron chi connectivity index (χ3n) is 3.39. The number of nitrogens with one attached hydrogen (secondary N) is 1. The fourth-order valence-corrected chi connectivity index (χ4v) is 2.73. The normalized spacial score (nSPS) is 20.0. The molecule has 2 unspecified atom stereocenters. The second-order valence-electron chi connectivity index (χ2n) is 4.61. The molecule has 0 aliphatic heterocycles. The van der Waals surface area contributed by atoms with Crippen molar-refractivity contribution >= 4 is 21.9 Å². The number of ether oxygens (including phenoxy) is 1. The lowest BCUT2D eigenvalue weighted by Crippen LogP contribution is -2.40. The fraction of sp³-hybridized carbons (Fsp3) is 0.500. The van der Waals surface area contributed by atoms with E-state index < -0.39 is 0 Å². The Morgan fingerprint density at radius 3 is 2.94 bits per heavy atom. The summed E-state index contributed by atoms with van der Waals surface area (Å²) in [5, 5.41) is 3.43. The van der Waals surface area contributed by atoms with Crippen LogP contribution in [0.1, 0.15) is 17.5 Å². The first-order valence-electron chi connectivity index (χ1n) is 6.22. The van der Waals surface area contributed by atoms with E-state index in [0.29, 0.717) is 12.6 Å². The first-order chi connectivity index (χ1) is 8.70. The van der Waals surface area contributed by atoms with Gasteiger partial charge in [-0.25, -0.2) is 0 Å². The number of fused-ring (bicyclic) bond motifs is 1. The number of hydrogen-bond donors (Lipinski definition) is 1. The van der Waals surface area contributed by atoms with Crippen molar-refractivity contribution in [2.75, 3.05) is 13.7 Å². The van der Waals surface area contributed by atoms with Gasteiger partial charge in [-0.2, -0.15) is 0 Å². The summed E-state index contributed by atoms with van der Waals surface area (Å²) in [6.07, 6.45) is 3.27. The fourth-order valence-electron chi connectivity index (χ4n) is 2.35. The standard InChI is InChI=1S/C14H18BrNO2/c1-18-14(17)13(15)9-16-12-7-6-10-4-2-3-5-11(10)8-12/h2-5,12-13,16H,6-9H2,1H3. The molecule has 3 nitrogen and oxygen atoms in total. The van der Waals surface area contributed by atoms with Gasteiger partial charge in [0.25, 0.3) is 0 Å². The Balaban J connectivity index is 1.85. The van der Waals surface area contributed by atoms with Gasteiger partial charge in [0.05, 0.1) is 7.11 Å². The van der Waals surface area contributed by atoms with Crippen LogP contribution in [0.15, 0.2) is 24.3 Å². The third-order valence-corrected chi connectivity index (χ3v) is 4.09. The molecule has 0 fully saturated rings. The molecule has 1 aromatic rings. The van der Waals surface area contributed by atoms with Crippen LogP contribution in [0.3, 0.4) is 0 Å². The van der Waals surface area contributed by atoms with Crippen molar-refractivity contribution in [2.45, 2.75) is 30.1 Å². The zero-order valence-electron chi connectivity index (χ0n) is 10.5. The number of esters is 1. The highest BCUT2D eigenvalue weighted by Crippen LogP contribution is 2.21. The van der Waals surface area contributed by atoms with E-state index in [1.807, 2.05) is 0 Å². The van der Waals surface area contributed by atoms with Crippen LogP contribution >= 0.6 is 15.9 Å². The molecule has 0 aromatic heterocycles. The summed E-state index contributed by atoms with van der Waals surface area (Å²) in [4.78, 5) is 11.0. The van der Waals surface area contributed by atoms with Crippen molar-refractivity contribution in [3.05, 3.63) is 35.4 Å². The molecule has 1 aliphatic rings. The highest BCUT2D eigenvalue weighted by molar-refractivity contribution is 9.10. The van der Waals surface area contributed by atoms with E-state index in [4.69, 9.17) is 0 Å². The van der Waals surface area contributed by atoms with Crippen LogP contribution in [0.2, 0.25) is 0 Å². The van der Waals surface area contributed by atoms with Gasteiger partial charge in [0, 0.05) is 12.6 Å². The van der Waals surface area contributed by atoms with E-state index in [9.17, 15) is 4.79 Å². The lowest BCUT2D eigenvalue weighted by atomic mass is 9.88. The molecule has 0 bridgehead atoms. The van der Waals surface area contributed by atoms with Crippen molar-refractivity contribution in [1.82, 2.24) is 5.32 Å². The molecule has 1 N–H and O–H groups in total. The van der Waals surface area contributed by atoms with E-state index in [-0.39, 0.29) is 10.8 Å². The van der Waals surface area contributed by atoms with Gasteiger partial charge in [0.2, 0.25) is 0 Å². The van der Waals surface area contributed by atoms with Crippen molar-refractivity contribution in [2.24, 2.45) is 0 Å². The Labute approximate surface area is 116 Å². The van der Waals surface area contributed by atoms with Gasteiger partial charge < -0.3 is 10.1 Å². The van der Waals surface area contributed by atoms with Gasteiger partial charge in [-0.15, -0.1) is 0 Å². The molecule has 0 spiro atoms. The second kappa shape index (κ2) is 6.34. The van der Waals surface area contributed by atoms with Gasteiger partial charge in [0.1, 0.15) is 4.83 Å². The van der Waals surface area contributed by atoms with E-state index in [1.165, 1.54) is 18.2 Å². The van der Waals surface area contributed by atoms with Gasteiger partial charge in [-0.1, -0.05) is 40.2 Å². The Bertz CT molecular complexity index is 422. The predicted molar refractivity (Wildman–Crippen MR) is 75.0 cm³/mol. The van der Waals surface area contributed by atoms with Crippen molar-refractivity contribution in [3.63, 3.8) is 0 Å². The summed E-state index contributed by atoms with van der Waals surface area (Å²) in [7, 11) is 1.41. The minimum Gasteiger partial charge on any atom is -0.468 e. The number of alkyl halides is 1. The predicted octanol–water partition coefficient (Wildman–Crippen LogP) is 2.07. The molecule has 0 radical (unpaired) electrons. The summed E-state index contributed by atoms with van der Waals surface area (Å²) < 4.78 is 4.68. The first kappa shape index (κ1) is 13.6. The molecule has 98 valence electrons. The Morgan fingerprint density at radius 1 is 1.50 bits per heavy atom. The van der Waals surface area contributed by atoms with E-state index >= 15 is 0 Å². The molecule has 1 aromatic carbocycles. The number of halogens is 1. The maximum atomic E-state index is 11.3. The first-order valence-corrected chi connectivity index (χ1v) is 7.14. The molecular weight excluding hydrogens is 294 g/mol. The molecule has 18 heavy (non-hydrogen) atoms. The highest BCUT2D eigenvalue weighted by Gasteiger charge is 2.20. The summed E-state index contributed by atoms with van der Waals surface area (Å²) in [6.45, 7) is 0.611. The van der Waals surface area contributed by atoms with Gasteiger partial charge in [-0.05, 0) is 30.4 Å². The Hall–Kier alpha value is -0.870. The van der Waals surface area contributed by atoms with Crippen LogP contribution in [0.4, 0.5) is 0 Å². The number of hydrogen-bond acceptors (Lipinski definition) is 3. The molecule has 2 rings (SSSR count). The lowest BCUT2D eigenvalue weighted by Gasteiger charge is -2.26. The third kappa shape index (κ3) is 3.33. The topological polar surface area (TPSA) is 38.3 Å². The van der Waals surface area contributed by atoms with Crippen LogP contribution in [0, 0.1) is 0 Å². The Morgan fingerprint density at radius 2 is 2.22 bits per heavy atom. The Kier molecular flexibility index (Phi) is 4.78. The number of aryl methyl sites for hydroxylation is 1. The average Bonchev–Trinajstić information content (AvgIpc) is 2.43. The van der Waals surface area contributed by atoms with E-state index in [1.54, 1.807) is 0 Å². The summed E-state index contributed by atoms with van der Waals surface area (Å²) in [5.41, 5.74) is 2.88. The maximum absolute atomic E-state index is 11.3. The molecule has 0 saturated heterocycles. The van der Waals surface area contributed by atoms with Crippen molar-refractivity contribution in [3.8, 4) is 0 Å². The zero-order valence-corrected chi connectivity index (χ0v) is 12.1. The van der Waals surface area contributed by atoms with Gasteiger partial charge in [-0.3, -0.25) is 4.79 Å². The lowest BCUT2D eigenvalue weighted by molar-refractivity contribution is -0.139. The number of carbonyl (C=O) groups is 1. The second-order valence-corrected chi connectivity index (χ2v) is 5.71. The minimum atomic E-state index is -0.264.